The number of aromatic nitrogens is 6. The van der Waals surface area contributed by atoms with Crippen molar-refractivity contribution in [1.82, 2.24) is 30.2 Å². The van der Waals surface area contributed by atoms with Crippen LogP contribution in [0.15, 0.2) is 11.4 Å². The van der Waals surface area contributed by atoms with Crippen LogP contribution in [0.1, 0.15) is 17.8 Å². The fourth-order valence-corrected chi connectivity index (χ4v) is 3.67. The van der Waals surface area contributed by atoms with Gasteiger partial charge in [-0.05, 0) is 23.6 Å². The smallest absolute Gasteiger partial charge is 0.205 e. The van der Waals surface area contributed by atoms with Crippen LogP contribution in [0.5, 0.6) is 0 Å². The standard InChI is InChI=1S/C15H19N7O2S/c1-10-16-11-3-8-25-13(11)15(17-10)21-4-7-24-12(9-21)14-18-20-22(19-14)5-6-23-2/h3,8,12H,4-7,9H2,1-2H3. The number of fused-ring (bicyclic) bond motifs is 1. The van der Waals surface area contributed by atoms with Crippen LogP contribution in [0.4, 0.5) is 5.82 Å². The van der Waals surface area contributed by atoms with Crippen LogP contribution in [-0.4, -0.2) is 63.6 Å². The Kier molecular flexibility index (Phi) is 4.55. The Morgan fingerprint density at radius 3 is 3.20 bits per heavy atom. The molecule has 0 aliphatic carbocycles. The molecule has 25 heavy (non-hydrogen) atoms. The van der Waals surface area contributed by atoms with Gasteiger partial charge in [0.1, 0.15) is 11.9 Å². The lowest BCUT2D eigenvalue weighted by atomic mass is 10.2. The van der Waals surface area contributed by atoms with Gasteiger partial charge in [-0.3, -0.25) is 0 Å². The van der Waals surface area contributed by atoms with Crippen molar-refractivity contribution in [2.75, 3.05) is 38.3 Å². The van der Waals surface area contributed by atoms with Crippen molar-refractivity contribution in [3.05, 3.63) is 23.1 Å². The monoisotopic (exact) mass is 361 g/mol. The highest BCUT2D eigenvalue weighted by Crippen LogP contribution is 2.31. The number of morpholine rings is 1. The molecule has 1 atom stereocenters. The molecular formula is C15H19N7O2S. The van der Waals surface area contributed by atoms with Gasteiger partial charge in [-0.25, -0.2) is 9.97 Å². The molecule has 9 nitrogen and oxygen atoms in total. The number of methoxy groups -OCH3 is 1. The van der Waals surface area contributed by atoms with Crippen molar-refractivity contribution < 1.29 is 9.47 Å². The SMILES string of the molecule is COCCn1nnc(C2CN(c3nc(C)nc4ccsc34)CCO2)n1. The van der Waals surface area contributed by atoms with Crippen LogP contribution in [0.25, 0.3) is 10.2 Å². The molecule has 0 bridgehead atoms. The number of rotatable bonds is 5. The normalized spacial score (nSPS) is 18.2. The van der Waals surface area contributed by atoms with Gasteiger partial charge in [0, 0.05) is 13.7 Å². The van der Waals surface area contributed by atoms with E-state index in [4.69, 9.17) is 9.47 Å². The van der Waals surface area contributed by atoms with Crippen LogP contribution in [-0.2, 0) is 16.0 Å². The van der Waals surface area contributed by atoms with Crippen molar-refractivity contribution >= 4 is 27.4 Å². The van der Waals surface area contributed by atoms with Crippen molar-refractivity contribution in [2.45, 2.75) is 19.6 Å². The van der Waals surface area contributed by atoms with Crippen molar-refractivity contribution in [2.24, 2.45) is 0 Å². The van der Waals surface area contributed by atoms with Crippen LogP contribution in [0, 0.1) is 6.92 Å². The number of nitrogens with zero attached hydrogens (tertiary/aromatic N) is 7. The second kappa shape index (κ2) is 6.98. The summed E-state index contributed by atoms with van der Waals surface area (Å²) in [6.07, 6.45) is -0.227. The zero-order valence-electron chi connectivity index (χ0n) is 14.1. The fourth-order valence-electron chi connectivity index (χ4n) is 2.83. The highest BCUT2D eigenvalue weighted by atomic mass is 32.1. The largest absolute Gasteiger partial charge is 0.383 e. The van der Waals surface area contributed by atoms with E-state index in [1.807, 2.05) is 18.4 Å². The summed E-state index contributed by atoms with van der Waals surface area (Å²) in [6, 6.07) is 2.03. The molecule has 0 aromatic carbocycles. The zero-order chi connectivity index (χ0) is 17.2. The molecule has 0 radical (unpaired) electrons. The highest BCUT2D eigenvalue weighted by molar-refractivity contribution is 7.17. The second-order valence-electron chi connectivity index (χ2n) is 5.77. The van der Waals surface area contributed by atoms with Gasteiger partial charge >= 0.3 is 0 Å². The van der Waals surface area contributed by atoms with Gasteiger partial charge < -0.3 is 14.4 Å². The Bertz CT molecular complexity index is 865. The zero-order valence-corrected chi connectivity index (χ0v) is 14.9. The van der Waals surface area contributed by atoms with Crippen LogP contribution in [0.2, 0.25) is 0 Å². The van der Waals surface area contributed by atoms with E-state index >= 15 is 0 Å². The summed E-state index contributed by atoms with van der Waals surface area (Å²) < 4.78 is 12.0. The molecule has 132 valence electrons. The molecule has 0 spiro atoms. The van der Waals surface area contributed by atoms with E-state index in [1.165, 1.54) is 4.80 Å². The van der Waals surface area contributed by atoms with Gasteiger partial charge in [0.25, 0.3) is 0 Å². The number of anilines is 1. The van der Waals surface area contributed by atoms with E-state index in [0.717, 1.165) is 28.4 Å². The average Bonchev–Trinajstić information content (AvgIpc) is 3.28. The van der Waals surface area contributed by atoms with Crippen molar-refractivity contribution in [3.63, 3.8) is 0 Å². The Morgan fingerprint density at radius 2 is 2.32 bits per heavy atom. The number of ether oxygens (including phenoxy) is 2. The molecule has 3 aromatic rings. The average molecular weight is 361 g/mol. The molecule has 10 heteroatoms. The lowest BCUT2D eigenvalue weighted by Crippen LogP contribution is -2.39. The molecule has 0 amide bonds. The van der Waals surface area contributed by atoms with Crippen LogP contribution >= 0.6 is 11.3 Å². The summed E-state index contributed by atoms with van der Waals surface area (Å²) in [5, 5.41) is 14.6. The van der Waals surface area contributed by atoms with E-state index in [2.05, 4.69) is 30.3 Å². The van der Waals surface area contributed by atoms with Gasteiger partial charge in [-0.2, -0.15) is 4.80 Å². The molecular weight excluding hydrogens is 342 g/mol. The quantitative estimate of drug-likeness (QED) is 0.670. The second-order valence-corrected chi connectivity index (χ2v) is 6.69. The number of aryl methyl sites for hydroxylation is 1. The summed E-state index contributed by atoms with van der Waals surface area (Å²) in [7, 11) is 1.65. The lowest BCUT2D eigenvalue weighted by molar-refractivity contribution is 0.0335. The maximum atomic E-state index is 5.87. The molecule has 3 aromatic heterocycles. The molecule has 4 rings (SSSR count). The minimum Gasteiger partial charge on any atom is -0.383 e. The highest BCUT2D eigenvalue weighted by Gasteiger charge is 2.28. The van der Waals surface area contributed by atoms with Crippen LogP contribution in [0.3, 0.4) is 0 Å². The molecule has 1 saturated heterocycles. The van der Waals surface area contributed by atoms with Gasteiger partial charge in [0.05, 0.1) is 36.5 Å². The maximum absolute atomic E-state index is 5.87. The summed E-state index contributed by atoms with van der Waals surface area (Å²) in [4.78, 5) is 12.9. The third-order valence-corrected chi connectivity index (χ3v) is 4.91. The first-order chi connectivity index (χ1) is 12.2. The summed E-state index contributed by atoms with van der Waals surface area (Å²) >= 11 is 1.66. The first-order valence-corrected chi connectivity index (χ1v) is 8.97. The predicted molar refractivity (Wildman–Crippen MR) is 92.8 cm³/mol. The van der Waals surface area contributed by atoms with Gasteiger partial charge in [0.2, 0.25) is 5.82 Å². The number of thiophene rings is 1. The molecule has 0 saturated carbocycles. The Balaban J connectivity index is 1.56. The summed E-state index contributed by atoms with van der Waals surface area (Å²) in [6.45, 7) is 5.04. The Hall–Kier alpha value is -2.17. The lowest BCUT2D eigenvalue weighted by Gasteiger charge is -2.32. The fraction of sp³-hybridized carbons (Fsp3) is 0.533. The third-order valence-electron chi connectivity index (χ3n) is 4.02. The number of tetrazole rings is 1. The molecule has 1 aliphatic rings. The molecule has 1 aliphatic heterocycles. The van der Waals surface area contributed by atoms with Gasteiger partial charge in [-0.1, -0.05) is 0 Å². The van der Waals surface area contributed by atoms with Crippen molar-refractivity contribution in [1.29, 1.82) is 0 Å². The molecule has 1 fully saturated rings. The first-order valence-electron chi connectivity index (χ1n) is 8.09. The van der Waals surface area contributed by atoms with E-state index in [9.17, 15) is 0 Å². The van der Waals surface area contributed by atoms with Gasteiger partial charge in [0.15, 0.2) is 5.82 Å². The van der Waals surface area contributed by atoms with Crippen LogP contribution < -0.4 is 4.90 Å². The van der Waals surface area contributed by atoms with E-state index < -0.39 is 0 Å². The van der Waals surface area contributed by atoms with E-state index in [-0.39, 0.29) is 6.10 Å². The van der Waals surface area contributed by atoms with Crippen molar-refractivity contribution in [3.8, 4) is 0 Å². The maximum Gasteiger partial charge on any atom is 0.205 e. The number of hydrogen-bond acceptors (Lipinski definition) is 9. The minimum absolute atomic E-state index is 0.227. The van der Waals surface area contributed by atoms with E-state index in [1.54, 1.807) is 18.4 Å². The first kappa shape index (κ1) is 16.3. The summed E-state index contributed by atoms with van der Waals surface area (Å²) in [5.41, 5.74) is 0.985. The third kappa shape index (κ3) is 3.32. The van der Waals surface area contributed by atoms with Gasteiger partial charge in [-0.15, -0.1) is 21.5 Å². The number of hydrogen-bond donors (Lipinski definition) is 0. The van der Waals surface area contributed by atoms with E-state index in [0.29, 0.717) is 32.1 Å². The summed E-state index contributed by atoms with van der Waals surface area (Å²) in [5.74, 6) is 2.32. The topological polar surface area (TPSA) is 91.1 Å². The minimum atomic E-state index is -0.227. The predicted octanol–water partition coefficient (Wildman–Crippen LogP) is 1.21. The Morgan fingerprint density at radius 1 is 1.40 bits per heavy atom. The molecule has 0 N–H and O–H groups in total. The Labute approximate surface area is 148 Å². The molecule has 4 heterocycles. The molecule has 1 unspecified atom stereocenters.